The maximum absolute atomic E-state index is 12.5. The van der Waals surface area contributed by atoms with Crippen LogP contribution in [0.3, 0.4) is 0 Å². The van der Waals surface area contributed by atoms with Crippen LogP contribution in [-0.4, -0.2) is 33.5 Å². The van der Waals surface area contributed by atoms with Crippen LogP contribution >= 0.6 is 39.1 Å². The molecular weight excluding hydrogens is 1380 g/mol. The number of carbonyl (C=O) groups excluding carboxylic acids is 2. The van der Waals surface area contributed by atoms with Gasteiger partial charge in [0.1, 0.15) is 0 Å². The van der Waals surface area contributed by atoms with Crippen LogP contribution in [0.2, 0.25) is 10.0 Å². The van der Waals surface area contributed by atoms with Crippen molar-refractivity contribution in [1.82, 2.24) is 0 Å². The van der Waals surface area contributed by atoms with Crippen molar-refractivity contribution in [3.8, 4) is 0 Å². The van der Waals surface area contributed by atoms with Gasteiger partial charge in [0.05, 0.1) is 38.7 Å². The van der Waals surface area contributed by atoms with Crippen LogP contribution in [0.25, 0.3) is 0 Å². The van der Waals surface area contributed by atoms with Gasteiger partial charge in [-0.1, -0.05) is 318 Å². The monoisotopic (exact) mass is 1450 g/mol. The highest BCUT2D eigenvalue weighted by atomic mass is 79.9. The molecule has 0 aliphatic carbocycles. The summed E-state index contributed by atoms with van der Waals surface area (Å²) in [5, 5.41) is 1.53. The lowest BCUT2D eigenvalue weighted by Gasteiger charge is -2.26. The highest BCUT2D eigenvalue weighted by molar-refractivity contribution is 9.10. The maximum atomic E-state index is 12.5. The van der Waals surface area contributed by atoms with Crippen molar-refractivity contribution in [3.05, 3.63) is 437 Å². The normalized spacial score (nSPS) is 15.7. The molecule has 13 aromatic carbocycles. The van der Waals surface area contributed by atoms with Crippen LogP contribution in [0, 0.1) is 0 Å². The summed E-state index contributed by atoms with van der Waals surface area (Å²) in [6.45, 7) is 3.66. The fourth-order valence-corrected chi connectivity index (χ4v) is 16.2. The van der Waals surface area contributed by atoms with E-state index in [0.29, 0.717) is 18.1 Å². The average molecular weight is 1450 g/mol. The van der Waals surface area contributed by atoms with Crippen LogP contribution in [0.5, 0.6) is 0 Å². The summed E-state index contributed by atoms with van der Waals surface area (Å²) in [6, 6.07) is 114. The maximum Gasteiger partial charge on any atom is 0.414 e. The van der Waals surface area contributed by atoms with Gasteiger partial charge in [0.2, 0.25) is 0 Å². The molecule has 0 saturated heterocycles. The van der Waals surface area contributed by atoms with Gasteiger partial charge in [-0.25, -0.2) is 9.59 Å². The molecule has 11 heteroatoms. The van der Waals surface area contributed by atoms with E-state index >= 15 is 0 Å². The van der Waals surface area contributed by atoms with E-state index in [-0.39, 0.29) is 35.9 Å². The lowest BCUT2D eigenvalue weighted by molar-refractivity contribution is 0.177. The second kappa shape index (κ2) is 31.9. The molecule has 0 fully saturated rings. The van der Waals surface area contributed by atoms with E-state index in [1.807, 2.05) is 97.1 Å². The van der Waals surface area contributed by atoms with Gasteiger partial charge < -0.3 is 19.3 Å². The summed E-state index contributed by atoms with van der Waals surface area (Å²) < 4.78 is 11.2. The minimum atomic E-state index is -0.368. The third kappa shape index (κ3) is 14.8. The molecule has 4 aliphatic heterocycles. The van der Waals surface area contributed by atoms with Crippen molar-refractivity contribution in [1.29, 1.82) is 0 Å². The molecule has 0 spiro atoms. The summed E-state index contributed by atoms with van der Waals surface area (Å²) in [7, 11) is 5.01. The first kappa shape index (κ1) is 69.2. The zero-order valence-corrected chi connectivity index (χ0v) is 60.7. The number of para-hydroxylation sites is 3. The Labute approximate surface area is 622 Å². The second-order valence-electron chi connectivity index (χ2n) is 26.1. The summed E-state index contributed by atoms with van der Waals surface area (Å²) >= 11 is 16.9. The first-order valence-corrected chi connectivity index (χ1v) is 36.3. The molecule has 4 atom stereocenters. The number of amides is 2. The van der Waals surface area contributed by atoms with Crippen LogP contribution in [0.1, 0.15) is 118 Å². The zero-order valence-electron chi connectivity index (χ0n) is 57.6. The fourth-order valence-electron chi connectivity index (χ4n) is 15.3. The molecule has 103 heavy (non-hydrogen) atoms. The van der Waals surface area contributed by atoms with Crippen LogP contribution in [-0.2, 0) is 42.2 Å². The Bertz CT molecular complexity index is 5130. The van der Waals surface area contributed by atoms with Crippen LogP contribution < -0.4 is 19.6 Å². The quantitative estimate of drug-likeness (QED) is 0.165. The molecular formula is C92H77BrCl2N4O4. The Morgan fingerprint density at radius 1 is 0.340 bits per heavy atom. The molecule has 510 valence electrons. The number of halogens is 3. The Balaban J connectivity index is 0.000000117. The molecule has 0 N–H and O–H groups in total. The number of benzene rings is 13. The van der Waals surface area contributed by atoms with E-state index in [9.17, 15) is 9.59 Å². The van der Waals surface area contributed by atoms with E-state index in [1.165, 1.54) is 81.2 Å². The largest absolute Gasteiger partial charge is 0.452 e. The van der Waals surface area contributed by atoms with Crippen molar-refractivity contribution in [2.45, 2.75) is 56.4 Å². The van der Waals surface area contributed by atoms with Gasteiger partial charge in [-0.05, 0) is 143 Å². The van der Waals surface area contributed by atoms with E-state index in [4.69, 9.17) is 32.7 Å². The zero-order chi connectivity index (χ0) is 70.8. The van der Waals surface area contributed by atoms with Gasteiger partial charge in [0.25, 0.3) is 0 Å². The molecule has 0 radical (unpaired) electrons. The molecule has 4 aliphatic rings. The van der Waals surface area contributed by atoms with Gasteiger partial charge in [-0.2, -0.15) is 0 Å². The molecule has 8 nitrogen and oxygen atoms in total. The van der Waals surface area contributed by atoms with Gasteiger partial charge in [-0.15, -0.1) is 0 Å². The Morgan fingerprint density at radius 2 is 0.670 bits per heavy atom. The molecule has 13 aromatic rings. The van der Waals surface area contributed by atoms with Crippen molar-refractivity contribution in [2.24, 2.45) is 0 Å². The second-order valence-corrected chi connectivity index (χ2v) is 27.8. The van der Waals surface area contributed by atoms with Gasteiger partial charge >= 0.3 is 12.2 Å². The predicted octanol–water partition coefficient (Wildman–Crippen LogP) is 23.2. The van der Waals surface area contributed by atoms with E-state index in [2.05, 4.69) is 263 Å². The van der Waals surface area contributed by atoms with Crippen molar-refractivity contribution < 1.29 is 19.1 Å². The Kier molecular flexibility index (Phi) is 21.4. The summed E-state index contributed by atoms with van der Waals surface area (Å²) in [6.07, 6.45) is -0.706. The number of fused-ring (bicyclic) bond motifs is 8. The van der Waals surface area contributed by atoms with Gasteiger partial charge in [0, 0.05) is 76.2 Å². The molecule has 4 heterocycles. The third-order valence-corrected chi connectivity index (χ3v) is 21.2. The number of ether oxygens (including phenoxy) is 2. The Hall–Kier alpha value is -10.9. The van der Waals surface area contributed by atoms with Crippen LogP contribution in [0.15, 0.2) is 332 Å². The predicted molar refractivity (Wildman–Crippen MR) is 424 cm³/mol. The summed E-state index contributed by atoms with van der Waals surface area (Å²) in [5.41, 5.74) is 25.3. The molecule has 0 aromatic heterocycles. The molecule has 17 rings (SSSR count). The average Bonchev–Trinajstić information content (AvgIpc) is 1.48. The number of hydrogen-bond acceptors (Lipinski definition) is 6. The molecule has 4 unspecified atom stereocenters. The molecule has 0 bridgehead atoms. The van der Waals surface area contributed by atoms with E-state index < -0.39 is 0 Å². The van der Waals surface area contributed by atoms with E-state index in [0.717, 1.165) is 79.4 Å². The molecule has 2 amide bonds. The van der Waals surface area contributed by atoms with Gasteiger partial charge in [0.15, 0.2) is 0 Å². The van der Waals surface area contributed by atoms with Crippen molar-refractivity contribution in [3.63, 3.8) is 0 Å². The smallest absolute Gasteiger partial charge is 0.414 e. The number of rotatable bonds is 6. The number of methoxy groups -OCH3 is 2. The highest BCUT2D eigenvalue weighted by Crippen LogP contribution is 2.49. The highest BCUT2D eigenvalue weighted by Gasteiger charge is 2.35. The minimum absolute atomic E-state index is 0.0502. The Morgan fingerprint density at radius 3 is 1.12 bits per heavy atom. The number of nitrogens with zero attached hydrogens (tertiary/aromatic N) is 4. The van der Waals surface area contributed by atoms with Gasteiger partial charge in [-0.3, -0.25) is 9.80 Å². The number of anilines is 4. The number of carbonyl (C=O) groups is 2. The minimum Gasteiger partial charge on any atom is -0.452 e. The summed E-state index contributed by atoms with van der Waals surface area (Å²) in [4.78, 5) is 33.2. The first-order valence-electron chi connectivity index (χ1n) is 34.7. The topological polar surface area (TPSA) is 65.6 Å². The lowest BCUT2D eigenvalue weighted by atomic mass is 9.83. The molecule has 0 saturated carbocycles. The van der Waals surface area contributed by atoms with E-state index in [1.54, 1.807) is 9.80 Å². The third-order valence-electron chi connectivity index (χ3n) is 20.0. The van der Waals surface area contributed by atoms with Crippen molar-refractivity contribution in [2.75, 3.05) is 40.9 Å². The van der Waals surface area contributed by atoms with Crippen molar-refractivity contribution >= 4 is 74.1 Å². The lowest BCUT2D eigenvalue weighted by Crippen LogP contribution is -2.30. The summed E-state index contributed by atoms with van der Waals surface area (Å²) in [5.74, 6) is 0.427. The van der Waals surface area contributed by atoms with Crippen LogP contribution in [0.4, 0.5) is 32.3 Å². The first-order chi connectivity index (χ1) is 50.5. The standard InChI is InChI=1S/C27H22ClN.C22H18ClNO2.C22H19NO2.C21H18BrN/c28-25-16-8-6-14-23(25)27-22-13-5-4-12-21(22)19-29(18-20-10-2-1-3-11-20)26-17-9-7-15-24(26)27;1-26-22(25)24-14-15-8-2-3-9-16(15)21(17-10-4-6-12-19(17)23)18-11-5-7-13-20(18)24;1-25-22(24)23-15-17-11-5-6-12-18(17)21(16-9-3-2-4-10-16)19-13-7-8-14-20(19)23;1-23-14-16-9-5-6-10-18(16)21(15-7-3-2-4-8-15)19-13-17(22)11-12-20(19)23/h1-17,27H,18-19H2;2-13,21H,14H2,1H3;2-14,21H,15H2,1H3;2-13,21H,14H2,1H3. The fraction of sp³-hybridized carbons (Fsp3) is 0.130. The SMILES string of the molecule is CN1Cc2ccccc2C(c2ccccc2)c2cc(Br)ccc21.COC(=O)N1Cc2ccccc2C(c2ccccc2)c2ccccc21.COC(=O)N1Cc2ccccc2C(c2ccccc2Cl)c2ccccc21.Clc1ccccc1C1c2ccccc2CN(Cc2ccccc2)c2ccccc21. The number of hydrogen-bond donors (Lipinski definition) is 0.